The first-order valence-electron chi connectivity index (χ1n) is 12.7. The SMILES string of the molecule is COC(=O)C[C@H]1C(=O)N([C@H](N=CN)C(=O)NC(CCCN)C(=O)c2nccs2)CCN1S(=O)(=O)Cc1ccccc1. The second-order valence-electron chi connectivity index (χ2n) is 9.05. The van der Waals surface area contributed by atoms with Crippen LogP contribution in [0.15, 0.2) is 46.9 Å². The van der Waals surface area contributed by atoms with Crippen LogP contribution in [0, 0.1) is 0 Å². The molecule has 1 aliphatic rings. The van der Waals surface area contributed by atoms with Crippen LogP contribution in [0.4, 0.5) is 0 Å². The van der Waals surface area contributed by atoms with E-state index in [0.717, 1.165) is 34.0 Å². The van der Waals surface area contributed by atoms with Gasteiger partial charge in [-0.05, 0) is 24.9 Å². The van der Waals surface area contributed by atoms with E-state index in [1.807, 2.05) is 0 Å². The fraction of sp³-hybridized carbons (Fsp3) is 0.440. The zero-order valence-electron chi connectivity index (χ0n) is 22.4. The predicted molar refractivity (Wildman–Crippen MR) is 151 cm³/mol. The Balaban J connectivity index is 1.87. The maximum Gasteiger partial charge on any atom is 0.307 e. The average molecular weight is 608 g/mol. The van der Waals surface area contributed by atoms with Crippen molar-refractivity contribution in [3.63, 3.8) is 0 Å². The lowest BCUT2D eigenvalue weighted by Gasteiger charge is -2.41. The number of aliphatic imine (C=N–C) groups is 1. The minimum Gasteiger partial charge on any atom is -0.469 e. The van der Waals surface area contributed by atoms with E-state index in [4.69, 9.17) is 16.2 Å². The van der Waals surface area contributed by atoms with Crippen molar-refractivity contribution in [3.8, 4) is 0 Å². The minimum absolute atomic E-state index is 0.192. The highest BCUT2D eigenvalue weighted by Crippen LogP contribution is 2.24. The van der Waals surface area contributed by atoms with Crippen LogP contribution in [0.5, 0.6) is 0 Å². The van der Waals surface area contributed by atoms with Gasteiger partial charge in [-0.25, -0.2) is 18.4 Å². The number of carbonyl (C=O) groups excluding carboxylic acids is 4. The lowest BCUT2D eigenvalue weighted by atomic mass is 10.1. The number of nitrogens with two attached hydrogens (primary N) is 2. The standard InChI is InChI=1S/C25H33N7O7S2/c1-39-20(33)14-19-25(36)31(11-12-32(19)41(37,38)15-17-6-3-2-4-7-17)22(29-16-27)23(35)30-18(8-5-9-26)21(34)24-28-10-13-40-24/h2-4,6-7,10,13,16,18-19,22H,5,8-9,11-12,14-15,26H2,1H3,(H2,27,29)(H,30,35)/t18?,19-,22-/m0/s1. The summed E-state index contributed by atoms with van der Waals surface area (Å²) in [5.74, 6) is -3.29. The summed E-state index contributed by atoms with van der Waals surface area (Å²) in [5.41, 5.74) is 11.6. The van der Waals surface area contributed by atoms with Gasteiger partial charge in [-0.3, -0.25) is 19.2 Å². The first-order valence-corrected chi connectivity index (χ1v) is 15.2. The number of hydrogen-bond acceptors (Lipinski definition) is 11. The number of thiazole rings is 1. The molecule has 16 heteroatoms. The third-order valence-electron chi connectivity index (χ3n) is 6.34. The zero-order valence-corrected chi connectivity index (χ0v) is 24.1. The Labute approximate surface area is 241 Å². The van der Waals surface area contributed by atoms with E-state index in [9.17, 15) is 27.6 Å². The summed E-state index contributed by atoms with van der Waals surface area (Å²) >= 11 is 1.11. The molecule has 2 amide bonds. The number of esters is 1. The van der Waals surface area contributed by atoms with Gasteiger partial charge in [0.05, 0.1) is 31.7 Å². The number of ketones is 1. The molecule has 1 aliphatic heterocycles. The van der Waals surface area contributed by atoms with Crippen molar-refractivity contribution in [2.75, 3.05) is 26.7 Å². The van der Waals surface area contributed by atoms with Gasteiger partial charge in [0.2, 0.25) is 27.9 Å². The summed E-state index contributed by atoms with van der Waals surface area (Å²) in [5, 5.41) is 4.44. The van der Waals surface area contributed by atoms with E-state index >= 15 is 0 Å². The molecule has 0 saturated carbocycles. The van der Waals surface area contributed by atoms with Gasteiger partial charge in [0.1, 0.15) is 6.04 Å². The molecule has 0 aliphatic carbocycles. The molecule has 222 valence electrons. The third kappa shape index (κ3) is 8.16. The number of carbonyl (C=O) groups is 4. The summed E-state index contributed by atoms with van der Waals surface area (Å²) in [6.07, 6.45) is 0.823. The van der Waals surface area contributed by atoms with Crippen molar-refractivity contribution in [2.45, 2.75) is 43.3 Å². The number of aromatic nitrogens is 1. The summed E-state index contributed by atoms with van der Waals surface area (Å²) < 4.78 is 32.4. The summed E-state index contributed by atoms with van der Waals surface area (Å²) in [4.78, 5) is 61.4. The quantitative estimate of drug-likeness (QED) is 0.108. The Morgan fingerprint density at radius 1 is 1.27 bits per heavy atom. The number of sulfonamides is 1. The van der Waals surface area contributed by atoms with Gasteiger partial charge in [-0.1, -0.05) is 30.3 Å². The van der Waals surface area contributed by atoms with Crippen molar-refractivity contribution in [1.29, 1.82) is 0 Å². The molecule has 5 N–H and O–H groups in total. The lowest BCUT2D eigenvalue weighted by Crippen LogP contribution is -2.64. The summed E-state index contributed by atoms with van der Waals surface area (Å²) in [6.45, 7) is -0.177. The molecule has 1 saturated heterocycles. The Morgan fingerprint density at radius 2 is 2.00 bits per heavy atom. The minimum atomic E-state index is -4.07. The van der Waals surface area contributed by atoms with Crippen LogP contribution in [-0.2, 0) is 34.9 Å². The first kappa shape index (κ1) is 31.8. The molecule has 2 aromatic rings. The highest BCUT2D eigenvalue weighted by molar-refractivity contribution is 7.88. The van der Waals surface area contributed by atoms with Gasteiger partial charge in [-0.15, -0.1) is 11.3 Å². The van der Waals surface area contributed by atoms with E-state index in [1.54, 1.807) is 35.7 Å². The number of nitrogens with one attached hydrogen (secondary N) is 1. The van der Waals surface area contributed by atoms with Crippen LogP contribution < -0.4 is 16.8 Å². The number of amides is 2. The molecule has 0 spiro atoms. The van der Waals surface area contributed by atoms with Gasteiger partial charge in [0.15, 0.2) is 5.01 Å². The monoisotopic (exact) mass is 607 g/mol. The zero-order chi connectivity index (χ0) is 30.0. The molecule has 41 heavy (non-hydrogen) atoms. The van der Waals surface area contributed by atoms with E-state index in [-0.39, 0.29) is 31.1 Å². The van der Waals surface area contributed by atoms with Crippen molar-refractivity contribution in [1.82, 2.24) is 19.5 Å². The highest BCUT2D eigenvalue weighted by atomic mass is 32.2. The molecule has 3 rings (SSSR count). The van der Waals surface area contributed by atoms with Crippen LogP contribution >= 0.6 is 11.3 Å². The number of hydrogen-bond donors (Lipinski definition) is 3. The molecule has 3 atom stereocenters. The third-order valence-corrected chi connectivity index (χ3v) is 8.98. The van der Waals surface area contributed by atoms with Gasteiger partial charge < -0.3 is 26.4 Å². The number of benzene rings is 1. The smallest absolute Gasteiger partial charge is 0.307 e. The number of methoxy groups -OCH3 is 1. The molecule has 14 nitrogen and oxygen atoms in total. The number of rotatable bonds is 14. The summed E-state index contributed by atoms with van der Waals surface area (Å²) in [7, 11) is -2.95. The first-order chi connectivity index (χ1) is 19.6. The van der Waals surface area contributed by atoms with Crippen LogP contribution in [-0.4, -0.2) is 97.5 Å². The largest absolute Gasteiger partial charge is 0.469 e. The van der Waals surface area contributed by atoms with Crippen molar-refractivity contribution < 1.29 is 32.3 Å². The molecular weight excluding hydrogens is 574 g/mol. The van der Waals surface area contributed by atoms with E-state index in [2.05, 4.69) is 15.3 Å². The molecule has 0 bridgehead atoms. The molecule has 0 radical (unpaired) electrons. The molecule has 2 heterocycles. The highest BCUT2D eigenvalue weighted by Gasteiger charge is 2.46. The van der Waals surface area contributed by atoms with Crippen molar-refractivity contribution in [2.24, 2.45) is 16.5 Å². The Kier molecular flexibility index (Phi) is 11.5. The van der Waals surface area contributed by atoms with Gasteiger partial charge in [0.25, 0.3) is 5.91 Å². The van der Waals surface area contributed by atoms with Crippen LogP contribution in [0.2, 0.25) is 0 Å². The normalized spacial score (nSPS) is 17.8. The Morgan fingerprint density at radius 3 is 2.61 bits per heavy atom. The van der Waals surface area contributed by atoms with Gasteiger partial charge in [-0.2, -0.15) is 4.31 Å². The second-order valence-corrected chi connectivity index (χ2v) is 11.9. The number of ether oxygens (including phenoxy) is 1. The van der Waals surface area contributed by atoms with E-state index in [0.29, 0.717) is 12.0 Å². The lowest BCUT2D eigenvalue weighted by molar-refractivity contribution is -0.151. The predicted octanol–water partition coefficient (Wildman–Crippen LogP) is -0.531. The van der Waals surface area contributed by atoms with E-state index in [1.165, 1.54) is 6.20 Å². The van der Waals surface area contributed by atoms with Gasteiger partial charge >= 0.3 is 5.97 Å². The van der Waals surface area contributed by atoms with Crippen molar-refractivity contribution >= 4 is 51.3 Å². The van der Waals surface area contributed by atoms with Crippen molar-refractivity contribution in [3.05, 3.63) is 52.5 Å². The van der Waals surface area contributed by atoms with Gasteiger partial charge in [0, 0.05) is 24.7 Å². The Bertz CT molecular complexity index is 1340. The molecule has 1 aromatic heterocycles. The number of piperazine rings is 1. The second kappa shape index (κ2) is 14.8. The fourth-order valence-electron chi connectivity index (χ4n) is 4.36. The molecule has 1 fully saturated rings. The number of Topliss-reactive ketones (excluding diaryl/α,β-unsaturated/α-hetero) is 1. The average Bonchev–Trinajstić information content (AvgIpc) is 3.50. The fourth-order valence-corrected chi connectivity index (χ4v) is 6.69. The van der Waals surface area contributed by atoms with Crippen LogP contribution in [0.1, 0.15) is 34.6 Å². The molecular formula is C25H33N7O7S2. The number of nitrogens with zero attached hydrogens (tertiary/aromatic N) is 4. The van der Waals surface area contributed by atoms with Crippen LogP contribution in [0.25, 0.3) is 0 Å². The maximum absolute atomic E-state index is 13.7. The summed E-state index contributed by atoms with van der Waals surface area (Å²) in [6, 6.07) is 5.90. The van der Waals surface area contributed by atoms with E-state index < -0.39 is 64.0 Å². The molecule has 1 aromatic carbocycles. The van der Waals surface area contributed by atoms with Crippen LogP contribution in [0.3, 0.4) is 0 Å². The molecule has 1 unspecified atom stereocenters. The maximum atomic E-state index is 13.7. The Hall–Kier alpha value is -3.73. The topological polar surface area (TPSA) is 207 Å².